The predicted molar refractivity (Wildman–Crippen MR) is 94.8 cm³/mol. The van der Waals surface area contributed by atoms with Crippen LogP contribution in [0.1, 0.15) is 35.2 Å². The van der Waals surface area contributed by atoms with E-state index in [1.54, 1.807) is 54.6 Å². The lowest BCUT2D eigenvalue weighted by Gasteiger charge is -2.36. The number of cyclic esters (lactones) is 1. The number of rotatable bonds is 7. The number of carbonyl (C=O) groups excluding carboxylic acids is 1. The fourth-order valence-corrected chi connectivity index (χ4v) is 4.05. The van der Waals surface area contributed by atoms with Crippen molar-refractivity contribution in [3.8, 4) is 0 Å². The minimum Gasteiger partial charge on any atom is -0.443 e. The average molecular weight is 360 g/mol. The van der Waals surface area contributed by atoms with Gasteiger partial charge in [0.1, 0.15) is 0 Å². The van der Waals surface area contributed by atoms with E-state index in [0.717, 1.165) is 0 Å². The lowest BCUT2D eigenvalue weighted by atomic mass is 9.87. The van der Waals surface area contributed by atoms with E-state index in [2.05, 4.69) is 6.58 Å². The summed E-state index contributed by atoms with van der Waals surface area (Å²) >= 11 is 0.429. The summed E-state index contributed by atoms with van der Waals surface area (Å²) in [6.07, 6.45) is 2.75. The van der Waals surface area contributed by atoms with Crippen LogP contribution in [0.5, 0.6) is 0 Å². The molecule has 5 heteroatoms. The van der Waals surface area contributed by atoms with Gasteiger partial charge in [0.2, 0.25) is 5.60 Å². The first-order valence-corrected chi connectivity index (χ1v) is 8.87. The van der Waals surface area contributed by atoms with Gasteiger partial charge >= 0.3 is 11.2 Å². The van der Waals surface area contributed by atoms with Crippen LogP contribution in [-0.2, 0) is 10.3 Å². The zero-order valence-electron chi connectivity index (χ0n) is 13.6. The van der Waals surface area contributed by atoms with Crippen LogP contribution < -0.4 is 0 Å². The van der Waals surface area contributed by atoms with E-state index in [1.807, 2.05) is 0 Å². The first-order valence-electron chi connectivity index (χ1n) is 8.06. The maximum absolute atomic E-state index is 15.4. The summed E-state index contributed by atoms with van der Waals surface area (Å²) in [6, 6.07) is 14.8. The van der Waals surface area contributed by atoms with Crippen LogP contribution >= 0.6 is 11.8 Å². The van der Waals surface area contributed by atoms with Gasteiger partial charge in [0, 0.05) is 10.5 Å². The molecule has 1 heterocycles. The van der Waals surface area contributed by atoms with Gasteiger partial charge in [-0.15, -0.1) is 6.58 Å². The minimum absolute atomic E-state index is 0.0363. The third kappa shape index (κ3) is 3.21. The molecule has 0 amide bonds. The Hall–Kier alpha value is -2.14. The van der Waals surface area contributed by atoms with Crippen LogP contribution in [0.3, 0.4) is 0 Å². The molecule has 2 aromatic carbocycles. The Labute approximate surface area is 149 Å². The number of hydrogen-bond acceptors (Lipinski definition) is 3. The third-order valence-electron chi connectivity index (χ3n) is 4.25. The Morgan fingerprint density at radius 2 is 1.80 bits per heavy atom. The molecule has 0 fully saturated rings. The fraction of sp³-hybridized carbons (Fsp3) is 0.250. The molecule has 25 heavy (non-hydrogen) atoms. The largest absolute Gasteiger partial charge is 0.443 e. The summed E-state index contributed by atoms with van der Waals surface area (Å²) in [6.45, 7) is 3.64. The first kappa shape index (κ1) is 17.7. The van der Waals surface area contributed by atoms with Crippen molar-refractivity contribution in [2.75, 3.05) is 0 Å². The van der Waals surface area contributed by atoms with Gasteiger partial charge in [0.05, 0.1) is 5.56 Å². The highest BCUT2D eigenvalue weighted by molar-refractivity contribution is 8.00. The van der Waals surface area contributed by atoms with Crippen molar-refractivity contribution in [1.29, 1.82) is 0 Å². The fourth-order valence-electron chi connectivity index (χ4n) is 3.04. The summed E-state index contributed by atoms with van der Waals surface area (Å²) in [4.78, 5) is 12.7. The van der Waals surface area contributed by atoms with E-state index in [9.17, 15) is 4.79 Å². The molecule has 0 N–H and O–H groups in total. The number of benzene rings is 2. The topological polar surface area (TPSA) is 26.3 Å². The Bertz CT molecular complexity index is 776. The molecule has 130 valence electrons. The Balaban J connectivity index is 2.03. The number of alkyl halides is 2. The standard InChI is InChI=1S/C20H18F2O2S/c1-2-3-9-14-19(17-13-8-7-12-16(17)18(23)24-19)20(21,22)25-15-10-5-4-6-11-15/h2,4-8,10-13H,1,3,9,14H2. The lowest BCUT2D eigenvalue weighted by Crippen LogP contribution is -2.43. The zero-order chi connectivity index (χ0) is 17.9. The van der Waals surface area contributed by atoms with Crippen molar-refractivity contribution in [2.45, 2.75) is 35.0 Å². The van der Waals surface area contributed by atoms with Crippen molar-refractivity contribution in [1.82, 2.24) is 0 Å². The Morgan fingerprint density at radius 3 is 2.52 bits per heavy atom. The van der Waals surface area contributed by atoms with Crippen LogP contribution in [-0.4, -0.2) is 11.2 Å². The zero-order valence-corrected chi connectivity index (χ0v) is 14.4. The highest BCUT2D eigenvalue weighted by atomic mass is 32.2. The predicted octanol–water partition coefficient (Wildman–Crippen LogP) is 5.79. The molecule has 0 aromatic heterocycles. The number of ether oxygens (including phenoxy) is 1. The summed E-state index contributed by atoms with van der Waals surface area (Å²) in [5, 5.41) is -3.31. The molecule has 1 unspecified atom stereocenters. The summed E-state index contributed by atoms with van der Waals surface area (Å²) in [7, 11) is 0. The highest BCUT2D eigenvalue weighted by Gasteiger charge is 2.62. The number of unbranched alkanes of at least 4 members (excludes halogenated alkanes) is 1. The van der Waals surface area contributed by atoms with Gasteiger partial charge in [0.15, 0.2) is 0 Å². The van der Waals surface area contributed by atoms with Gasteiger partial charge in [-0.1, -0.05) is 42.5 Å². The van der Waals surface area contributed by atoms with Crippen LogP contribution in [0.2, 0.25) is 0 Å². The number of carbonyl (C=O) groups is 1. The number of halogens is 2. The molecule has 1 atom stereocenters. The summed E-state index contributed by atoms with van der Waals surface area (Å²) in [5.41, 5.74) is -1.49. The van der Waals surface area contributed by atoms with Gasteiger partial charge in [-0.2, -0.15) is 8.78 Å². The van der Waals surface area contributed by atoms with Crippen molar-refractivity contribution < 1.29 is 18.3 Å². The number of thioether (sulfide) groups is 1. The maximum Gasteiger partial charge on any atom is 0.341 e. The monoisotopic (exact) mass is 360 g/mol. The molecule has 0 radical (unpaired) electrons. The van der Waals surface area contributed by atoms with Crippen molar-refractivity contribution >= 4 is 17.7 Å². The first-order chi connectivity index (χ1) is 12.0. The SMILES string of the molecule is C=CCCCC1(C(F)(F)Sc2ccccc2)OC(=O)c2ccccc21. The molecule has 0 aliphatic carbocycles. The Kier molecular flexibility index (Phi) is 4.95. The van der Waals surface area contributed by atoms with E-state index in [4.69, 9.17) is 4.74 Å². The summed E-state index contributed by atoms with van der Waals surface area (Å²) < 4.78 is 36.2. The van der Waals surface area contributed by atoms with Crippen molar-refractivity contribution in [3.63, 3.8) is 0 Å². The van der Waals surface area contributed by atoms with E-state index < -0.39 is 16.8 Å². The van der Waals surface area contributed by atoms with Gasteiger partial charge in [0.25, 0.3) is 0 Å². The quantitative estimate of drug-likeness (QED) is 0.270. The smallest absolute Gasteiger partial charge is 0.341 e. The molecule has 0 bridgehead atoms. The maximum atomic E-state index is 15.4. The second kappa shape index (κ2) is 7.00. The molecule has 1 aliphatic heterocycles. The van der Waals surface area contributed by atoms with Crippen LogP contribution in [0.4, 0.5) is 8.78 Å². The van der Waals surface area contributed by atoms with E-state index >= 15 is 8.78 Å². The molecule has 0 saturated heterocycles. The van der Waals surface area contributed by atoms with Crippen LogP contribution in [0.25, 0.3) is 0 Å². The average Bonchev–Trinajstić information content (AvgIpc) is 2.90. The second-order valence-electron chi connectivity index (χ2n) is 5.87. The highest BCUT2D eigenvalue weighted by Crippen LogP contribution is 2.56. The number of esters is 1. The van der Waals surface area contributed by atoms with Crippen molar-refractivity contribution in [2.24, 2.45) is 0 Å². The van der Waals surface area contributed by atoms with E-state index in [-0.39, 0.29) is 17.5 Å². The van der Waals surface area contributed by atoms with Crippen LogP contribution in [0.15, 0.2) is 72.1 Å². The summed E-state index contributed by atoms with van der Waals surface area (Å²) in [5.74, 6) is -0.692. The lowest BCUT2D eigenvalue weighted by molar-refractivity contribution is -0.130. The number of hydrogen-bond donors (Lipinski definition) is 0. The molecular formula is C20H18F2O2S. The van der Waals surface area contributed by atoms with E-state index in [0.29, 0.717) is 29.5 Å². The molecule has 2 aromatic rings. The molecule has 1 aliphatic rings. The van der Waals surface area contributed by atoms with Crippen LogP contribution in [0, 0.1) is 0 Å². The molecular weight excluding hydrogens is 342 g/mol. The van der Waals surface area contributed by atoms with Gasteiger partial charge < -0.3 is 4.74 Å². The Morgan fingerprint density at radius 1 is 1.12 bits per heavy atom. The second-order valence-corrected chi connectivity index (χ2v) is 7.06. The normalized spacial score (nSPS) is 19.4. The number of allylic oxidation sites excluding steroid dienone is 1. The van der Waals surface area contributed by atoms with E-state index in [1.165, 1.54) is 6.07 Å². The molecule has 3 rings (SSSR count). The number of fused-ring (bicyclic) bond motifs is 1. The molecule has 0 spiro atoms. The minimum atomic E-state index is -3.31. The van der Waals surface area contributed by atoms with Gasteiger partial charge in [-0.25, -0.2) is 4.79 Å². The van der Waals surface area contributed by atoms with Gasteiger partial charge in [-0.05, 0) is 49.2 Å². The molecule has 2 nitrogen and oxygen atoms in total. The third-order valence-corrected chi connectivity index (χ3v) is 5.34. The van der Waals surface area contributed by atoms with Gasteiger partial charge in [-0.3, -0.25) is 0 Å². The van der Waals surface area contributed by atoms with Crippen molar-refractivity contribution in [3.05, 3.63) is 78.4 Å². The molecule has 0 saturated carbocycles.